The zero-order chi connectivity index (χ0) is 19.4. The van der Waals surface area contributed by atoms with Gasteiger partial charge in [0.2, 0.25) is 11.6 Å². The molecule has 0 fully saturated rings. The molecule has 0 N–H and O–H groups in total. The third-order valence-electron chi connectivity index (χ3n) is 3.71. The van der Waals surface area contributed by atoms with Crippen molar-refractivity contribution in [1.82, 2.24) is 10.1 Å². The summed E-state index contributed by atoms with van der Waals surface area (Å²) < 4.78 is 34.2. The van der Waals surface area contributed by atoms with E-state index in [-0.39, 0.29) is 16.7 Å². The Morgan fingerprint density at radius 3 is 2.22 bits per heavy atom. The Hall–Kier alpha value is -3.06. The first-order chi connectivity index (χ1) is 13.0. The summed E-state index contributed by atoms with van der Waals surface area (Å²) in [6.07, 6.45) is 1.63. The smallest absolute Gasteiger partial charge is 0.269 e. The molecule has 0 atom stereocenters. The van der Waals surface area contributed by atoms with E-state index < -0.39 is 0 Å². The highest BCUT2D eigenvalue weighted by Gasteiger charge is 2.15. The average molecular weight is 391 g/mol. The van der Waals surface area contributed by atoms with E-state index in [1.807, 2.05) is 0 Å². The summed E-state index contributed by atoms with van der Waals surface area (Å²) in [5.74, 6) is 1.55. The summed E-state index contributed by atoms with van der Waals surface area (Å²) in [4.78, 5) is 4.24. The van der Waals surface area contributed by atoms with Crippen LogP contribution in [0.25, 0.3) is 22.5 Å². The molecule has 6 nitrogen and oxygen atoms in total. The van der Waals surface area contributed by atoms with Gasteiger partial charge >= 0.3 is 0 Å². The van der Waals surface area contributed by atoms with Crippen LogP contribution < -0.4 is 14.2 Å². The maximum Gasteiger partial charge on any atom is 0.269 e. The van der Waals surface area contributed by atoms with Gasteiger partial charge in [-0.25, -0.2) is 4.39 Å². The predicted octanol–water partition coefficient (Wildman–Crippen LogP) is 4.64. The normalized spacial score (nSPS) is 11.4. The molecular weight excluding hydrogens is 375 g/mol. The van der Waals surface area contributed by atoms with Crippen molar-refractivity contribution < 1.29 is 23.1 Å². The number of benzene rings is 2. The van der Waals surface area contributed by atoms with Gasteiger partial charge in [-0.2, -0.15) is 4.98 Å². The van der Waals surface area contributed by atoms with Gasteiger partial charge in [0.15, 0.2) is 11.5 Å². The van der Waals surface area contributed by atoms with Crippen molar-refractivity contribution >= 4 is 22.7 Å². The molecule has 0 saturated carbocycles. The number of rotatable bonds is 6. The van der Waals surface area contributed by atoms with Crippen LogP contribution in [0.15, 0.2) is 40.9 Å². The molecule has 0 aliphatic rings. The number of nitrogens with zero attached hydrogens (tertiary/aromatic N) is 2. The predicted molar refractivity (Wildman–Crippen MR) is 99.5 cm³/mol. The van der Waals surface area contributed by atoms with Gasteiger partial charge in [-0.1, -0.05) is 16.8 Å². The molecule has 3 aromatic rings. The van der Waals surface area contributed by atoms with E-state index in [9.17, 15) is 4.39 Å². The Balaban J connectivity index is 1.93. The van der Waals surface area contributed by atoms with E-state index in [2.05, 4.69) is 10.1 Å². The highest BCUT2D eigenvalue weighted by molar-refractivity contribution is 6.50. The molecule has 0 aliphatic heterocycles. The molecule has 0 radical (unpaired) electrons. The molecule has 8 heteroatoms. The van der Waals surface area contributed by atoms with Crippen molar-refractivity contribution in [2.24, 2.45) is 0 Å². The first kappa shape index (κ1) is 18.7. The van der Waals surface area contributed by atoms with Gasteiger partial charge in [0.05, 0.1) is 21.3 Å². The Labute approximate surface area is 160 Å². The molecule has 3 rings (SSSR count). The highest BCUT2D eigenvalue weighted by atomic mass is 35.5. The van der Waals surface area contributed by atoms with Crippen LogP contribution in [-0.4, -0.2) is 31.5 Å². The maximum atomic E-state index is 13.0. The van der Waals surface area contributed by atoms with Gasteiger partial charge in [0.1, 0.15) is 10.8 Å². The van der Waals surface area contributed by atoms with Crippen LogP contribution >= 0.6 is 11.6 Å². The molecule has 1 heterocycles. The molecule has 0 aliphatic carbocycles. The summed E-state index contributed by atoms with van der Waals surface area (Å²) >= 11 is 6.32. The third kappa shape index (κ3) is 4.03. The van der Waals surface area contributed by atoms with Crippen LogP contribution in [0.2, 0.25) is 0 Å². The number of hydrogen-bond acceptors (Lipinski definition) is 6. The van der Waals surface area contributed by atoms with Gasteiger partial charge in [-0.05, 0) is 48.0 Å². The van der Waals surface area contributed by atoms with Crippen LogP contribution in [0.4, 0.5) is 4.39 Å². The van der Waals surface area contributed by atoms with Crippen molar-refractivity contribution in [2.75, 3.05) is 21.3 Å². The van der Waals surface area contributed by atoms with Crippen LogP contribution in [0, 0.1) is 5.82 Å². The van der Waals surface area contributed by atoms with Crippen molar-refractivity contribution in [2.45, 2.75) is 0 Å². The minimum absolute atomic E-state index is 0.129. The second-order valence-electron chi connectivity index (χ2n) is 5.38. The highest BCUT2D eigenvalue weighted by Crippen LogP contribution is 2.39. The number of methoxy groups -OCH3 is 3. The largest absolute Gasteiger partial charge is 0.493 e. The Kier molecular flexibility index (Phi) is 5.61. The first-order valence-corrected chi connectivity index (χ1v) is 8.20. The second-order valence-corrected chi connectivity index (χ2v) is 5.79. The summed E-state index contributed by atoms with van der Waals surface area (Å²) in [7, 11) is 4.58. The maximum absolute atomic E-state index is 13.0. The van der Waals surface area contributed by atoms with Crippen LogP contribution in [0.5, 0.6) is 17.2 Å². The average Bonchev–Trinajstić information content (AvgIpc) is 3.18. The number of halogens is 2. The standard InChI is InChI=1S/C19H16ClFN2O4/c1-24-15-9-11(10-16(25-2)17(15)26-3)8-14(20)19-22-18(23-27-19)12-4-6-13(21)7-5-12/h4-10H,1-3H3/b14-8-. The molecular formula is C19H16ClFN2O4. The summed E-state index contributed by atoms with van der Waals surface area (Å²) in [6.45, 7) is 0. The van der Waals surface area contributed by atoms with E-state index in [0.717, 1.165) is 0 Å². The van der Waals surface area contributed by atoms with E-state index in [1.54, 1.807) is 30.3 Å². The van der Waals surface area contributed by atoms with Gasteiger partial charge in [-0.3, -0.25) is 0 Å². The summed E-state index contributed by atoms with van der Waals surface area (Å²) in [5.41, 5.74) is 1.31. The second kappa shape index (κ2) is 8.09. The molecule has 27 heavy (non-hydrogen) atoms. The van der Waals surface area contributed by atoms with Gasteiger partial charge in [-0.15, -0.1) is 0 Å². The monoisotopic (exact) mass is 390 g/mol. The molecule has 0 unspecified atom stereocenters. The molecule has 0 bridgehead atoms. The van der Waals surface area contributed by atoms with Crippen LogP contribution in [0.1, 0.15) is 11.5 Å². The summed E-state index contributed by atoms with van der Waals surface area (Å²) in [6, 6.07) is 9.22. The van der Waals surface area contributed by atoms with E-state index >= 15 is 0 Å². The van der Waals surface area contributed by atoms with Crippen molar-refractivity contribution in [3.63, 3.8) is 0 Å². The molecule has 2 aromatic carbocycles. The molecule has 140 valence electrons. The fraction of sp³-hybridized carbons (Fsp3) is 0.158. The van der Waals surface area contributed by atoms with E-state index in [1.165, 1.54) is 33.5 Å². The Morgan fingerprint density at radius 1 is 1.04 bits per heavy atom. The molecule has 1 aromatic heterocycles. The topological polar surface area (TPSA) is 66.6 Å². The quantitative estimate of drug-likeness (QED) is 0.611. The lowest BCUT2D eigenvalue weighted by Crippen LogP contribution is -1.95. The van der Waals surface area contributed by atoms with Gasteiger partial charge < -0.3 is 18.7 Å². The van der Waals surface area contributed by atoms with Crippen LogP contribution in [0.3, 0.4) is 0 Å². The number of hydrogen-bond donors (Lipinski definition) is 0. The fourth-order valence-corrected chi connectivity index (χ4v) is 2.63. The third-order valence-corrected chi connectivity index (χ3v) is 3.98. The number of aromatic nitrogens is 2. The molecule has 0 amide bonds. The van der Waals surface area contributed by atoms with Gasteiger partial charge in [0, 0.05) is 5.56 Å². The summed E-state index contributed by atoms with van der Waals surface area (Å²) in [5, 5.41) is 4.10. The fourth-order valence-electron chi connectivity index (χ4n) is 2.43. The van der Waals surface area contributed by atoms with Crippen molar-refractivity contribution in [3.8, 4) is 28.6 Å². The Bertz CT molecular complexity index is 945. The SMILES string of the molecule is COc1cc(/C=C(\Cl)c2nc(-c3ccc(F)cc3)no2)cc(OC)c1OC. The minimum atomic E-state index is -0.345. The lowest BCUT2D eigenvalue weighted by atomic mass is 10.1. The van der Waals surface area contributed by atoms with Crippen LogP contribution in [-0.2, 0) is 0 Å². The minimum Gasteiger partial charge on any atom is -0.493 e. The molecule has 0 spiro atoms. The zero-order valence-corrected chi connectivity index (χ0v) is 15.6. The van der Waals surface area contributed by atoms with Crippen molar-refractivity contribution in [1.29, 1.82) is 0 Å². The number of ether oxygens (including phenoxy) is 3. The lowest BCUT2D eigenvalue weighted by molar-refractivity contribution is 0.324. The molecule has 0 saturated heterocycles. The van der Waals surface area contributed by atoms with Gasteiger partial charge in [0.25, 0.3) is 5.89 Å². The lowest BCUT2D eigenvalue weighted by Gasteiger charge is -2.12. The zero-order valence-electron chi connectivity index (χ0n) is 14.8. The first-order valence-electron chi connectivity index (χ1n) is 7.83. The van der Waals surface area contributed by atoms with E-state index in [0.29, 0.717) is 34.2 Å². The van der Waals surface area contributed by atoms with Crippen molar-refractivity contribution in [3.05, 3.63) is 53.7 Å². The van der Waals surface area contributed by atoms with E-state index in [4.69, 9.17) is 30.3 Å². The Morgan fingerprint density at radius 2 is 1.67 bits per heavy atom.